The molecule has 1 aromatic heterocycles. The number of rotatable bonds is 4. The highest BCUT2D eigenvalue weighted by molar-refractivity contribution is 5.28. The van der Waals surface area contributed by atoms with E-state index in [1.807, 2.05) is 41.2 Å². The molecule has 4 nitrogen and oxygen atoms in total. The second-order valence-electron chi connectivity index (χ2n) is 3.61. The van der Waals surface area contributed by atoms with Crippen LogP contribution >= 0.6 is 0 Å². The summed E-state index contributed by atoms with van der Waals surface area (Å²) in [5, 5.41) is 4.13. The summed E-state index contributed by atoms with van der Waals surface area (Å²) in [7, 11) is 1.65. The summed E-state index contributed by atoms with van der Waals surface area (Å²) in [4.78, 5) is 0. The lowest BCUT2D eigenvalue weighted by Crippen LogP contribution is -2.17. The fourth-order valence-corrected chi connectivity index (χ4v) is 1.57. The summed E-state index contributed by atoms with van der Waals surface area (Å²) in [6.07, 6.45) is 3.66. The van der Waals surface area contributed by atoms with Crippen LogP contribution in [0.4, 0.5) is 0 Å². The molecule has 0 fully saturated rings. The lowest BCUT2D eigenvalue weighted by Gasteiger charge is -2.12. The highest BCUT2D eigenvalue weighted by atomic mass is 16.5. The fourth-order valence-electron chi connectivity index (χ4n) is 1.57. The van der Waals surface area contributed by atoms with E-state index >= 15 is 0 Å². The van der Waals surface area contributed by atoms with Gasteiger partial charge >= 0.3 is 0 Å². The molecule has 1 unspecified atom stereocenters. The average Bonchev–Trinajstić information content (AvgIpc) is 2.82. The SMILES string of the molecule is COc1ccc(C(N)Cn2cccn2)cc1. The maximum Gasteiger partial charge on any atom is 0.118 e. The first kappa shape index (κ1) is 10.7. The molecule has 2 aromatic rings. The molecule has 0 saturated carbocycles. The molecule has 0 spiro atoms. The Bertz CT molecular complexity index is 422. The standard InChI is InChI=1S/C12H15N3O/c1-16-11-5-3-10(4-6-11)12(13)9-15-8-2-7-14-15/h2-8,12H,9,13H2,1H3. The van der Waals surface area contributed by atoms with Crippen LogP contribution in [0.5, 0.6) is 5.75 Å². The van der Waals surface area contributed by atoms with Gasteiger partial charge in [-0.2, -0.15) is 5.10 Å². The number of methoxy groups -OCH3 is 1. The van der Waals surface area contributed by atoms with Gasteiger partial charge in [-0.1, -0.05) is 12.1 Å². The topological polar surface area (TPSA) is 53.1 Å². The van der Waals surface area contributed by atoms with E-state index in [0.717, 1.165) is 11.3 Å². The van der Waals surface area contributed by atoms with E-state index in [1.54, 1.807) is 13.3 Å². The first-order valence-electron chi connectivity index (χ1n) is 5.16. The Morgan fingerprint density at radius 2 is 2.12 bits per heavy atom. The minimum absolute atomic E-state index is 0.0502. The van der Waals surface area contributed by atoms with Crippen molar-refractivity contribution in [2.45, 2.75) is 12.6 Å². The predicted octanol–water partition coefficient (Wildman–Crippen LogP) is 1.59. The normalized spacial score (nSPS) is 12.4. The largest absolute Gasteiger partial charge is 0.497 e. The van der Waals surface area contributed by atoms with E-state index in [1.165, 1.54) is 0 Å². The Hall–Kier alpha value is -1.81. The molecule has 1 heterocycles. The van der Waals surface area contributed by atoms with Crippen molar-refractivity contribution in [3.63, 3.8) is 0 Å². The molecule has 2 rings (SSSR count). The molecule has 0 saturated heterocycles. The van der Waals surface area contributed by atoms with Crippen LogP contribution in [0.15, 0.2) is 42.7 Å². The molecule has 2 N–H and O–H groups in total. The lowest BCUT2D eigenvalue weighted by atomic mass is 10.1. The van der Waals surface area contributed by atoms with Gasteiger partial charge in [-0.05, 0) is 23.8 Å². The van der Waals surface area contributed by atoms with Crippen LogP contribution < -0.4 is 10.5 Å². The molecular weight excluding hydrogens is 202 g/mol. The fraction of sp³-hybridized carbons (Fsp3) is 0.250. The summed E-state index contributed by atoms with van der Waals surface area (Å²) < 4.78 is 6.92. The van der Waals surface area contributed by atoms with Gasteiger partial charge in [0.05, 0.1) is 13.7 Å². The maximum atomic E-state index is 6.08. The number of hydrogen-bond donors (Lipinski definition) is 1. The summed E-state index contributed by atoms with van der Waals surface area (Å²) in [5.41, 5.74) is 7.16. The van der Waals surface area contributed by atoms with Gasteiger partial charge in [0.15, 0.2) is 0 Å². The number of nitrogens with two attached hydrogens (primary N) is 1. The molecule has 0 amide bonds. The van der Waals surface area contributed by atoms with Crippen LogP contribution in [0.3, 0.4) is 0 Å². The van der Waals surface area contributed by atoms with Gasteiger partial charge in [0.2, 0.25) is 0 Å². The molecule has 0 aliphatic heterocycles. The van der Waals surface area contributed by atoms with Gasteiger partial charge in [-0.25, -0.2) is 0 Å². The van der Waals surface area contributed by atoms with Crippen molar-refractivity contribution < 1.29 is 4.74 Å². The molecule has 0 aliphatic carbocycles. The van der Waals surface area contributed by atoms with E-state index in [2.05, 4.69) is 5.10 Å². The van der Waals surface area contributed by atoms with Crippen molar-refractivity contribution in [1.29, 1.82) is 0 Å². The summed E-state index contributed by atoms with van der Waals surface area (Å²) in [6, 6.07) is 9.63. The van der Waals surface area contributed by atoms with Crippen molar-refractivity contribution in [3.05, 3.63) is 48.3 Å². The molecule has 16 heavy (non-hydrogen) atoms. The Labute approximate surface area is 94.6 Å². The Kier molecular flexibility index (Phi) is 3.22. The molecule has 0 aliphatic rings. The van der Waals surface area contributed by atoms with Crippen molar-refractivity contribution in [2.75, 3.05) is 7.11 Å². The third-order valence-electron chi connectivity index (χ3n) is 2.49. The van der Waals surface area contributed by atoms with Crippen LogP contribution in [-0.2, 0) is 6.54 Å². The summed E-state index contributed by atoms with van der Waals surface area (Å²) in [6.45, 7) is 0.680. The van der Waals surface area contributed by atoms with Gasteiger partial charge in [0, 0.05) is 18.4 Å². The van der Waals surface area contributed by atoms with E-state index in [9.17, 15) is 0 Å². The Balaban J connectivity index is 2.05. The molecule has 0 bridgehead atoms. The zero-order valence-corrected chi connectivity index (χ0v) is 9.21. The second kappa shape index (κ2) is 4.81. The number of ether oxygens (including phenoxy) is 1. The van der Waals surface area contributed by atoms with Gasteiger partial charge < -0.3 is 10.5 Å². The zero-order valence-electron chi connectivity index (χ0n) is 9.21. The predicted molar refractivity (Wildman–Crippen MR) is 62.1 cm³/mol. The number of nitrogens with zero attached hydrogens (tertiary/aromatic N) is 2. The maximum absolute atomic E-state index is 6.08. The van der Waals surface area contributed by atoms with Gasteiger partial charge in [-0.3, -0.25) is 4.68 Å². The summed E-state index contributed by atoms with van der Waals surface area (Å²) in [5.74, 6) is 0.843. The molecule has 84 valence electrons. The molecular formula is C12H15N3O. The summed E-state index contributed by atoms with van der Waals surface area (Å²) >= 11 is 0. The smallest absolute Gasteiger partial charge is 0.118 e. The van der Waals surface area contributed by atoms with Crippen LogP contribution in [0.1, 0.15) is 11.6 Å². The minimum atomic E-state index is -0.0502. The van der Waals surface area contributed by atoms with Gasteiger partial charge in [0.25, 0.3) is 0 Å². The highest BCUT2D eigenvalue weighted by Crippen LogP contribution is 2.16. The minimum Gasteiger partial charge on any atom is -0.497 e. The van der Waals surface area contributed by atoms with Gasteiger partial charge in [0.1, 0.15) is 5.75 Å². The van der Waals surface area contributed by atoms with E-state index < -0.39 is 0 Å². The first-order chi connectivity index (χ1) is 7.79. The van der Waals surface area contributed by atoms with Gasteiger partial charge in [-0.15, -0.1) is 0 Å². The van der Waals surface area contributed by atoms with E-state index in [0.29, 0.717) is 6.54 Å². The van der Waals surface area contributed by atoms with Crippen LogP contribution in [0.25, 0.3) is 0 Å². The lowest BCUT2D eigenvalue weighted by molar-refractivity contribution is 0.414. The first-order valence-corrected chi connectivity index (χ1v) is 5.16. The zero-order chi connectivity index (χ0) is 11.4. The Morgan fingerprint density at radius 3 is 2.69 bits per heavy atom. The van der Waals surface area contributed by atoms with Crippen molar-refractivity contribution in [2.24, 2.45) is 5.73 Å². The van der Waals surface area contributed by atoms with Crippen molar-refractivity contribution in [1.82, 2.24) is 9.78 Å². The van der Waals surface area contributed by atoms with E-state index in [-0.39, 0.29) is 6.04 Å². The van der Waals surface area contributed by atoms with Crippen LogP contribution in [0.2, 0.25) is 0 Å². The second-order valence-corrected chi connectivity index (χ2v) is 3.61. The van der Waals surface area contributed by atoms with Crippen molar-refractivity contribution in [3.8, 4) is 5.75 Å². The van der Waals surface area contributed by atoms with Crippen LogP contribution in [0, 0.1) is 0 Å². The quantitative estimate of drug-likeness (QED) is 0.846. The molecule has 1 atom stereocenters. The monoisotopic (exact) mass is 217 g/mol. The number of hydrogen-bond acceptors (Lipinski definition) is 3. The average molecular weight is 217 g/mol. The van der Waals surface area contributed by atoms with E-state index in [4.69, 9.17) is 10.5 Å². The Morgan fingerprint density at radius 1 is 1.38 bits per heavy atom. The van der Waals surface area contributed by atoms with Crippen LogP contribution in [-0.4, -0.2) is 16.9 Å². The highest BCUT2D eigenvalue weighted by Gasteiger charge is 2.06. The van der Waals surface area contributed by atoms with Crippen molar-refractivity contribution >= 4 is 0 Å². The number of benzene rings is 1. The molecule has 4 heteroatoms. The number of aromatic nitrogens is 2. The molecule has 1 aromatic carbocycles. The third kappa shape index (κ3) is 2.41. The molecule has 0 radical (unpaired) electrons. The third-order valence-corrected chi connectivity index (χ3v) is 2.49.